The highest BCUT2D eigenvalue weighted by atomic mass is 79.9. The second-order valence-corrected chi connectivity index (χ2v) is 6.52. The summed E-state index contributed by atoms with van der Waals surface area (Å²) in [7, 11) is 1.73. The van der Waals surface area contributed by atoms with Crippen molar-refractivity contribution in [3.8, 4) is 5.75 Å². The molecule has 1 atom stereocenters. The topological polar surface area (TPSA) is 44.5 Å². The lowest BCUT2D eigenvalue weighted by Gasteiger charge is -2.23. The van der Waals surface area contributed by atoms with E-state index in [1.54, 1.807) is 7.11 Å². The molecular weight excluding hydrogens is 318 g/mol. The first kappa shape index (κ1) is 17.5. The van der Waals surface area contributed by atoms with Crippen LogP contribution in [-0.2, 0) is 11.2 Å². The van der Waals surface area contributed by atoms with E-state index in [9.17, 15) is 0 Å². The molecule has 2 N–H and O–H groups in total. The van der Waals surface area contributed by atoms with Gasteiger partial charge in [0.05, 0.1) is 16.7 Å². The molecule has 0 spiro atoms. The van der Waals surface area contributed by atoms with E-state index in [0.717, 1.165) is 35.0 Å². The van der Waals surface area contributed by atoms with Crippen molar-refractivity contribution in [3.05, 3.63) is 28.2 Å². The molecule has 1 aromatic carbocycles. The van der Waals surface area contributed by atoms with Gasteiger partial charge in [-0.15, -0.1) is 0 Å². The van der Waals surface area contributed by atoms with Crippen molar-refractivity contribution in [2.75, 3.05) is 13.7 Å². The van der Waals surface area contributed by atoms with E-state index >= 15 is 0 Å². The van der Waals surface area contributed by atoms with Crippen LogP contribution in [0, 0.1) is 0 Å². The fourth-order valence-corrected chi connectivity index (χ4v) is 2.33. The van der Waals surface area contributed by atoms with E-state index in [0.29, 0.717) is 6.61 Å². The smallest absolute Gasteiger partial charge is 0.136 e. The maximum atomic E-state index is 6.05. The van der Waals surface area contributed by atoms with Gasteiger partial charge in [-0.05, 0) is 54.2 Å². The fraction of sp³-hybridized carbons (Fsp3) is 0.625. The van der Waals surface area contributed by atoms with Crippen LogP contribution in [0.1, 0.15) is 39.2 Å². The molecule has 114 valence electrons. The molecule has 0 aromatic heterocycles. The Hall–Kier alpha value is -0.580. The van der Waals surface area contributed by atoms with E-state index in [-0.39, 0.29) is 11.6 Å². The zero-order valence-corrected chi connectivity index (χ0v) is 14.5. The first-order valence-electron chi connectivity index (χ1n) is 7.10. The number of hydrogen-bond donors (Lipinski definition) is 1. The predicted octanol–water partition coefficient (Wildman–Crippen LogP) is 3.92. The average Bonchev–Trinajstić information content (AvgIpc) is 2.41. The molecule has 0 amide bonds. The van der Waals surface area contributed by atoms with Crippen LogP contribution < -0.4 is 10.5 Å². The summed E-state index contributed by atoms with van der Waals surface area (Å²) in [6.45, 7) is 6.84. The van der Waals surface area contributed by atoms with E-state index in [4.69, 9.17) is 15.2 Å². The van der Waals surface area contributed by atoms with Crippen LogP contribution in [0.5, 0.6) is 5.75 Å². The number of para-hydroxylation sites is 1. The molecule has 0 radical (unpaired) electrons. The molecule has 1 aromatic rings. The predicted molar refractivity (Wildman–Crippen MR) is 87.3 cm³/mol. The van der Waals surface area contributed by atoms with Gasteiger partial charge in [-0.1, -0.05) is 19.1 Å². The maximum absolute atomic E-state index is 6.05. The summed E-state index contributed by atoms with van der Waals surface area (Å²) in [5, 5.41) is 0. The van der Waals surface area contributed by atoms with Crippen molar-refractivity contribution in [1.82, 2.24) is 0 Å². The van der Waals surface area contributed by atoms with Gasteiger partial charge in [0, 0.05) is 19.6 Å². The minimum atomic E-state index is -0.165. The molecule has 0 aliphatic heterocycles. The Labute approximate surface area is 131 Å². The average molecular weight is 344 g/mol. The number of methoxy groups -OCH3 is 1. The van der Waals surface area contributed by atoms with Gasteiger partial charge in [-0.3, -0.25) is 0 Å². The number of halogens is 1. The normalized spacial score (nSPS) is 13.3. The van der Waals surface area contributed by atoms with Gasteiger partial charge < -0.3 is 15.2 Å². The Morgan fingerprint density at radius 2 is 2.05 bits per heavy atom. The van der Waals surface area contributed by atoms with E-state index in [1.165, 1.54) is 0 Å². The standard InChI is InChI=1S/C16H26BrNO2/c1-5-13(18)11-12-7-6-8-14(17)15(12)20-10-9-16(2,3)19-4/h6-8,13H,5,9-11,18H2,1-4H3. The van der Waals surface area contributed by atoms with Crippen LogP contribution in [0.4, 0.5) is 0 Å². The first-order valence-corrected chi connectivity index (χ1v) is 7.90. The third kappa shape index (κ3) is 5.43. The van der Waals surface area contributed by atoms with Crippen LogP contribution >= 0.6 is 15.9 Å². The summed E-state index contributed by atoms with van der Waals surface area (Å²) >= 11 is 3.56. The summed E-state index contributed by atoms with van der Waals surface area (Å²) < 4.78 is 12.4. The lowest BCUT2D eigenvalue weighted by atomic mass is 10.0. The Kier molecular flexibility index (Phi) is 7.00. The van der Waals surface area contributed by atoms with Gasteiger partial charge in [0.15, 0.2) is 0 Å². The van der Waals surface area contributed by atoms with E-state index < -0.39 is 0 Å². The molecule has 0 saturated heterocycles. The van der Waals surface area contributed by atoms with E-state index in [2.05, 4.69) is 42.8 Å². The van der Waals surface area contributed by atoms with Crippen LogP contribution in [0.2, 0.25) is 0 Å². The van der Waals surface area contributed by atoms with Crippen molar-refractivity contribution < 1.29 is 9.47 Å². The number of rotatable bonds is 8. The summed E-state index contributed by atoms with van der Waals surface area (Å²) in [5.74, 6) is 0.906. The minimum Gasteiger partial charge on any atom is -0.492 e. The van der Waals surface area contributed by atoms with Gasteiger partial charge >= 0.3 is 0 Å². The third-order valence-corrected chi connectivity index (χ3v) is 4.18. The monoisotopic (exact) mass is 343 g/mol. The largest absolute Gasteiger partial charge is 0.492 e. The molecular formula is C16H26BrNO2. The Bertz CT molecular complexity index is 421. The van der Waals surface area contributed by atoms with Gasteiger partial charge in [-0.25, -0.2) is 0 Å². The fourth-order valence-electron chi connectivity index (χ4n) is 1.80. The quantitative estimate of drug-likeness (QED) is 0.777. The molecule has 20 heavy (non-hydrogen) atoms. The molecule has 0 bridgehead atoms. The van der Waals surface area contributed by atoms with Crippen LogP contribution in [0.15, 0.2) is 22.7 Å². The molecule has 4 heteroatoms. The second-order valence-electron chi connectivity index (χ2n) is 5.66. The van der Waals surface area contributed by atoms with E-state index in [1.807, 2.05) is 12.1 Å². The van der Waals surface area contributed by atoms with Gasteiger partial charge in [0.1, 0.15) is 5.75 Å². The second kappa shape index (κ2) is 8.01. The molecule has 0 aliphatic rings. The Morgan fingerprint density at radius 3 is 2.65 bits per heavy atom. The van der Waals surface area contributed by atoms with Crippen molar-refractivity contribution in [2.45, 2.75) is 51.7 Å². The third-order valence-electron chi connectivity index (χ3n) is 3.56. The van der Waals surface area contributed by atoms with Crippen LogP contribution in [0.3, 0.4) is 0 Å². The highest BCUT2D eigenvalue weighted by Crippen LogP contribution is 2.30. The maximum Gasteiger partial charge on any atom is 0.136 e. The number of benzene rings is 1. The lowest BCUT2D eigenvalue weighted by Crippen LogP contribution is -2.25. The van der Waals surface area contributed by atoms with Gasteiger partial charge in [-0.2, -0.15) is 0 Å². The first-order chi connectivity index (χ1) is 9.39. The molecule has 0 saturated carbocycles. The minimum absolute atomic E-state index is 0.165. The summed E-state index contributed by atoms with van der Waals surface area (Å²) in [6, 6.07) is 6.27. The summed E-state index contributed by atoms with van der Waals surface area (Å²) in [6.07, 6.45) is 2.63. The molecule has 3 nitrogen and oxygen atoms in total. The van der Waals surface area contributed by atoms with Gasteiger partial charge in [0.25, 0.3) is 0 Å². The molecule has 0 fully saturated rings. The highest BCUT2D eigenvalue weighted by Gasteiger charge is 2.17. The molecule has 0 heterocycles. The zero-order valence-electron chi connectivity index (χ0n) is 12.9. The van der Waals surface area contributed by atoms with Crippen LogP contribution in [-0.4, -0.2) is 25.4 Å². The highest BCUT2D eigenvalue weighted by molar-refractivity contribution is 9.10. The Morgan fingerprint density at radius 1 is 1.35 bits per heavy atom. The van der Waals surface area contributed by atoms with Crippen molar-refractivity contribution in [3.63, 3.8) is 0 Å². The Balaban J connectivity index is 2.73. The SMILES string of the molecule is CCC(N)Cc1cccc(Br)c1OCCC(C)(C)OC. The number of nitrogens with two attached hydrogens (primary N) is 1. The molecule has 0 aliphatic carbocycles. The number of hydrogen-bond acceptors (Lipinski definition) is 3. The van der Waals surface area contributed by atoms with Crippen molar-refractivity contribution >= 4 is 15.9 Å². The van der Waals surface area contributed by atoms with Crippen molar-refractivity contribution in [1.29, 1.82) is 0 Å². The van der Waals surface area contributed by atoms with Crippen LogP contribution in [0.25, 0.3) is 0 Å². The molecule has 1 rings (SSSR count). The lowest BCUT2D eigenvalue weighted by molar-refractivity contribution is 0.00530. The molecule has 1 unspecified atom stereocenters. The zero-order chi connectivity index (χ0) is 15.2. The van der Waals surface area contributed by atoms with Gasteiger partial charge in [0.2, 0.25) is 0 Å². The van der Waals surface area contributed by atoms with Crippen molar-refractivity contribution in [2.24, 2.45) is 5.73 Å². The summed E-state index contributed by atoms with van der Waals surface area (Å²) in [4.78, 5) is 0. The number of ether oxygens (including phenoxy) is 2. The summed E-state index contributed by atoms with van der Waals surface area (Å²) in [5.41, 5.74) is 7.04.